The largest absolute Gasteiger partial charge is 0.483 e. The number of aliphatic hydroxyl groups excluding tert-OH is 1. The SMILES string of the molecule is Cc1cccc(OCC(O)C(=O)O)c1[N+](=O)[O-]. The lowest BCUT2D eigenvalue weighted by molar-refractivity contribution is -0.386. The van der Waals surface area contributed by atoms with Crippen LogP contribution in [-0.4, -0.2) is 33.8 Å². The molecule has 0 radical (unpaired) electrons. The molecule has 0 spiro atoms. The fourth-order valence-electron chi connectivity index (χ4n) is 1.22. The lowest BCUT2D eigenvalue weighted by Crippen LogP contribution is -2.27. The zero-order valence-corrected chi connectivity index (χ0v) is 8.99. The number of nitro benzene ring substituents is 1. The standard InChI is InChI=1S/C10H11NO6/c1-6-3-2-4-8(9(6)11(15)16)17-5-7(12)10(13)14/h2-4,7,12H,5H2,1H3,(H,13,14). The average Bonchev–Trinajstić information content (AvgIpc) is 2.24. The average molecular weight is 241 g/mol. The first-order valence-corrected chi connectivity index (χ1v) is 4.71. The molecule has 1 unspecified atom stereocenters. The molecular formula is C10H11NO6. The van der Waals surface area contributed by atoms with Crippen LogP contribution in [0.3, 0.4) is 0 Å². The Morgan fingerprint density at radius 3 is 2.76 bits per heavy atom. The number of aliphatic hydroxyl groups is 1. The van der Waals surface area contributed by atoms with E-state index in [0.29, 0.717) is 5.56 Å². The molecule has 92 valence electrons. The van der Waals surface area contributed by atoms with Gasteiger partial charge in [0.2, 0.25) is 0 Å². The van der Waals surface area contributed by atoms with Crippen molar-refractivity contribution < 1.29 is 24.7 Å². The van der Waals surface area contributed by atoms with Gasteiger partial charge in [-0.25, -0.2) is 4.79 Å². The molecule has 2 N–H and O–H groups in total. The summed E-state index contributed by atoms with van der Waals surface area (Å²) >= 11 is 0. The highest BCUT2D eigenvalue weighted by molar-refractivity contribution is 5.72. The normalized spacial score (nSPS) is 11.9. The monoisotopic (exact) mass is 241 g/mol. The van der Waals surface area contributed by atoms with Crippen molar-refractivity contribution in [2.24, 2.45) is 0 Å². The summed E-state index contributed by atoms with van der Waals surface area (Å²) in [4.78, 5) is 20.5. The van der Waals surface area contributed by atoms with Gasteiger partial charge in [0, 0.05) is 5.56 Å². The van der Waals surface area contributed by atoms with Crippen molar-refractivity contribution >= 4 is 11.7 Å². The highest BCUT2D eigenvalue weighted by Crippen LogP contribution is 2.30. The number of aryl methyl sites for hydroxylation is 1. The van der Waals surface area contributed by atoms with Gasteiger partial charge >= 0.3 is 11.7 Å². The maximum absolute atomic E-state index is 10.8. The number of rotatable bonds is 5. The molecule has 1 atom stereocenters. The van der Waals surface area contributed by atoms with Crippen molar-refractivity contribution in [1.82, 2.24) is 0 Å². The number of nitrogens with zero attached hydrogens (tertiary/aromatic N) is 1. The van der Waals surface area contributed by atoms with Gasteiger partial charge in [-0.3, -0.25) is 10.1 Å². The number of ether oxygens (including phenoxy) is 1. The molecule has 0 aliphatic carbocycles. The summed E-state index contributed by atoms with van der Waals surface area (Å²) < 4.78 is 4.93. The van der Waals surface area contributed by atoms with Crippen LogP contribution in [0.5, 0.6) is 5.75 Å². The first-order valence-electron chi connectivity index (χ1n) is 4.71. The number of benzene rings is 1. The molecule has 0 saturated heterocycles. The summed E-state index contributed by atoms with van der Waals surface area (Å²) in [6.07, 6.45) is -1.71. The van der Waals surface area contributed by atoms with E-state index in [2.05, 4.69) is 0 Å². The minimum absolute atomic E-state index is 0.0599. The second kappa shape index (κ2) is 5.26. The number of carboxylic acid groups (broad SMARTS) is 1. The van der Waals surface area contributed by atoms with E-state index in [4.69, 9.17) is 14.9 Å². The minimum atomic E-state index is -1.71. The lowest BCUT2D eigenvalue weighted by Gasteiger charge is -2.09. The highest BCUT2D eigenvalue weighted by atomic mass is 16.6. The number of carboxylic acids is 1. The fraction of sp³-hybridized carbons (Fsp3) is 0.300. The van der Waals surface area contributed by atoms with Gasteiger partial charge in [0.15, 0.2) is 11.9 Å². The van der Waals surface area contributed by atoms with Gasteiger partial charge in [-0.2, -0.15) is 0 Å². The Morgan fingerprint density at radius 2 is 2.24 bits per heavy atom. The van der Waals surface area contributed by atoms with E-state index >= 15 is 0 Å². The van der Waals surface area contributed by atoms with E-state index in [9.17, 15) is 14.9 Å². The number of para-hydroxylation sites is 1. The third kappa shape index (κ3) is 3.15. The van der Waals surface area contributed by atoms with Gasteiger partial charge in [0.05, 0.1) is 4.92 Å². The molecule has 0 amide bonds. The second-order valence-corrected chi connectivity index (χ2v) is 3.34. The number of hydrogen-bond acceptors (Lipinski definition) is 5. The van der Waals surface area contributed by atoms with Gasteiger partial charge in [0.1, 0.15) is 6.61 Å². The zero-order valence-electron chi connectivity index (χ0n) is 8.99. The maximum Gasteiger partial charge on any atom is 0.336 e. The van der Waals surface area contributed by atoms with Crippen LogP contribution in [0.4, 0.5) is 5.69 Å². The summed E-state index contributed by atoms with van der Waals surface area (Å²) in [5.74, 6) is -1.50. The van der Waals surface area contributed by atoms with Crippen molar-refractivity contribution in [1.29, 1.82) is 0 Å². The lowest BCUT2D eigenvalue weighted by atomic mass is 10.2. The quantitative estimate of drug-likeness (QED) is 0.580. The number of nitro groups is 1. The predicted molar refractivity (Wildman–Crippen MR) is 57.0 cm³/mol. The molecule has 1 rings (SSSR count). The van der Waals surface area contributed by atoms with Gasteiger partial charge < -0.3 is 14.9 Å². The van der Waals surface area contributed by atoms with E-state index in [0.717, 1.165) is 0 Å². The Labute approximate surface area is 96.4 Å². The van der Waals surface area contributed by atoms with Crippen molar-refractivity contribution in [3.8, 4) is 5.75 Å². The Kier molecular flexibility index (Phi) is 4.00. The number of hydrogen-bond donors (Lipinski definition) is 2. The van der Waals surface area contributed by atoms with E-state index < -0.39 is 23.6 Å². The molecule has 7 nitrogen and oxygen atoms in total. The van der Waals surface area contributed by atoms with Crippen LogP contribution in [0.2, 0.25) is 0 Å². The Morgan fingerprint density at radius 1 is 1.59 bits per heavy atom. The molecule has 0 heterocycles. The second-order valence-electron chi connectivity index (χ2n) is 3.34. The molecule has 0 aromatic heterocycles. The van der Waals surface area contributed by atoms with Crippen molar-refractivity contribution in [2.75, 3.05) is 6.61 Å². The first-order chi connectivity index (χ1) is 7.93. The summed E-state index contributed by atoms with van der Waals surface area (Å²) in [6, 6.07) is 4.43. The van der Waals surface area contributed by atoms with Crippen LogP contribution in [0.15, 0.2) is 18.2 Å². The smallest absolute Gasteiger partial charge is 0.336 e. The topological polar surface area (TPSA) is 110 Å². The molecule has 0 aliphatic heterocycles. The third-order valence-corrected chi connectivity index (χ3v) is 2.07. The maximum atomic E-state index is 10.8. The first kappa shape index (κ1) is 12.9. The van der Waals surface area contributed by atoms with Crippen LogP contribution in [-0.2, 0) is 4.79 Å². The third-order valence-electron chi connectivity index (χ3n) is 2.07. The van der Waals surface area contributed by atoms with Gasteiger partial charge in [-0.15, -0.1) is 0 Å². The van der Waals surface area contributed by atoms with Crippen molar-refractivity contribution in [3.63, 3.8) is 0 Å². The Bertz CT molecular complexity index is 444. The van der Waals surface area contributed by atoms with Crippen LogP contribution in [0.1, 0.15) is 5.56 Å². The van der Waals surface area contributed by atoms with Crippen LogP contribution in [0, 0.1) is 17.0 Å². The summed E-state index contributed by atoms with van der Waals surface area (Å²) in [5, 5.41) is 28.2. The van der Waals surface area contributed by atoms with E-state index in [1.165, 1.54) is 6.07 Å². The molecule has 1 aromatic carbocycles. The molecule has 1 aromatic rings. The van der Waals surface area contributed by atoms with Crippen LogP contribution < -0.4 is 4.74 Å². The van der Waals surface area contributed by atoms with E-state index in [1.807, 2.05) is 0 Å². The molecular weight excluding hydrogens is 230 g/mol. The number of aliphatic carboxylic acids is 1. The van der Waals surface area contributed by atoms with Crippen molar-refractivity contribution in [3.05, 3.63) is 33.9 Å². The molecule has 7 heteroatoms. The molecule has 0 saturated carbocycles. The summed E-state index contributed by atoms with van der Waals surface area (Å²) in [6.45, 7) is 0.998. The summed E-state index contributed by atoms with van der Waals surface area (Å²) in [5.41, 5.74) is 0.169. The van der Waals surface area contributed by atoms with E-state index in [1.54, 1.807) is 19.1 Å². The minimum Gasteiger partial charge on any atom is -0.483 e. The van der Waals surface area contributed by atoms with E-state index in [-0.39, 0.29) is 11.4 Å². The Hall–Kier alpha value is -2.15. The number of carbonyl (C=O) groups is 1. The van der Waals surface area contributed by atoms with Crippen LogP contribution in [0.25, 0.3) is 0 Å². The predicted octanol–water partition coefficient (Wildman–Crippen LogP) is 0.728. The summed E-state index contributed by atoms with van der Waals surface area (Å²) in [7, 11) is 0. The van der Waals surface area contributed by atoms with Crippen LogP contribution >= 0.6 is 0 Å². The molecule has 17 heavy (non-hydrogen) atoms. The van der Waals surface area contributed by atoms with Crippen molar-refractivity contribution in [2.45, 2.75) is 13.0 Å². The van der Waals surface area contributed by atoms with Gasteiger partial charge in [0.25, 0.3) is 0 Å². The fourth-order valence-corrected chi connectivity index (χ4v) is 1.22. The molecule has 0 bridgehead atoms. The zero-order chi connectivity index (χ0) is 13.0. The molecule has 0 aliphatic rings. The van der Waals surface area contributed by atoms with Gasteiger partial charge in [-0.05, 0) is 13.0 Å². The molecule has 0 fully saturated rings. The Balaban J connectivity index is 2.88. The highest BCUT2D eigenvalue weighted by Gasteiger charge is 2.20. The van der Waals surface area contributed by atoms with Gasteiger partial charge in [-0.1, -0.05) is 12.1 Å².